The zero-order valence-electron chi connectivity index (χ0n) is 11.9. The van der Waals surface area contributed by atoms with Gasteiger partial charge in [0.15, 0.2) is 0 Å². The van der Waals surface area contributed by atoms with Crippen LogP contribution in [0.2, 0.25) is 0 Å². The van der Waals surface area contributed by atoms with Gasteiger partial charge in [-0.25, -0.2) is 4.79 Å². The van der Waals surface area contributed by atoms with E-state index in [1.165, 1.54) is 38.5 Å². The Hall–Kier alpha value is -1.51. The number of carbonyl (C=O) groups excluding carboxylic acids is 1. The predicted octanol–water partition coefficient (Wildman–Crippen LogP) is 4.59. The molecule has 3 nitrogen and oxygen atoms in total. The fourth-order valence-corrected chi connectivity index (χ4v) is 3.83. The lowest BCUT2D eigenvalue weighted by molar-refractivity contribution is -0.000140. The van der Waals surface area contributed by atoms with Gasteiger partial charge in [-0.2, -0.15) is 0 Å². The van der Waals surface area contributed by atoms with E-state index in [2.05, 4.69) is 5.32 Å². The molecule has 1 aromatic carbocycles. The van der Waals surface area contributed by atoms with E-state index in [1.807, 2.05) is 30.3 Å². The standard InChI is InChI=1S/C17H23NO2/c19-17(18-14-9-2-1-3-10-14)20-16-12-6-8-13-7-4-5-11-15(13)16/h1-3,9-10,13,15-16H,4-8,11-12H2,(H,18,19). The Kier molecular flexibility index (Phi) is 4.24. The zero-order valence-corrected chi connectivity index (χ0v) is 11.9. The monoisotopic (exact) mass is 273 g/mol. The third-order valence-corrected chi connectivity index (χ3v) is 4.79. The highest BCUT2D eigenvalue weighted by atomic mass is 16.6. The summed E-state index contributed by atoms with van der Waals surface area (Å²) >= 11 is 0. The van der Waals surface area contributed by atoms with E-state index in [9.17, 15) is 4.79 Å². The summed E-state index contributed by atoms with van der Waals surface area (Å²) < 4.78 is 5.71. The maximum Gasteiger partial charge on any atom is 0.411 e. The molecule has 3 heteroatoms. The first-order valence-electron chi connectivity index (χ1n) is 7.85. The number of hydrogen-bond donors (Lipinski definition) is 1. The summed E-state index contributed by atoms with van der Waals surface area (Å²) in [5.41, 5.74) is 0.800. The van der Waals surface area contributed by atoms with Crippen LogP contribution in [0.4, 0.5) is 10.5 Å². The van der Waals surface area contributed by atoms with E-state index < -0.39 is 0 Å². The van der Waals surface area contributed by atoms with Gasteiger partial charge in [0.05, 0.1) is 0 Å². The van der Waals surface area contributed by atoms with Crippen LogP contribution >= 0.6 is 0 Å². The third kappa shape index (κ3) is 3.14. The predicted molar refractivity (Wildman–Crippen MR) is 79.6 cm³/mol. The van der Waals surface area contributed by atoms with Crippen molar-refractivity contribution in [1.29, 1.82) is 0 Å². The summed E-state index contributed by atoms with van der Waals surface area (Å²) in [6, 6.07) is 9.52. The number of ether oxygens (including phenoxy) is 1. The molecule has 0 heterocycles. The molecule has 2 fully saturated rings. The number of rotatable bonds is 2. The van der Waals surface area contributed by atoms with Crippen LogP contribution in [-0.2, 0) is 4.74 Å². The number of hydrogen-bond acceptors (Lipinski definition) is 2. The third-order valence-electron chi connectivity index (χ3n) is 4.79. The van der Waals surface area contributed by atoms with Crippen molar-refractivity contribution in [3.8, 4) is 0 Å². The number of carbonyl (C=O) groups is 1. The van der Waals surface area contributed by atoms with Crippen LogP contribution in [0.15, 0.2) is 30.3 Å². The lowest BCUT2D eigenvalue weighted by Crippen LogP contribution is -2.38. The van der Waals surface area contributed by atoms with Crippen LogP contribution in [0, 0.1) is 11.8 Å². The summed E-state index contributed by atoms with van der Waals surface area (Å²) in [4.78, 5) is 12.0. The first kappa shape index (κ1) is 13.5. The number of benzene rings is 1. The van der Waals surface area contributed by atoms with Crippen molar-refractivity contribution < 1.29 is 9.53 Å². The van der Waals surface area contributed by atoms with Gasteiger partial charge in [-0.15, -0.1) is 0 Å². The van der Waals surface area contributed by atoms with Crippen LogP contribution in [-0.4, -0.2) is 12.2 Å². The van der Waals surface area contributed by atoms with Crippen molar-refractivity contribution in [3.05, 3.63) is 30.3 Å². The quantitative estimate of drug-likeness (QED) is 0.855. The summed E-state index contributed by atoms with van der Waals surface area (Å²) in [6.45, 7) is 0. The molecule has 1 amide bonds. The van der Waals surface area contributed by atoms with E-state index in [0.717, 1.165) is 18.0 Å². The van der Waals surface area contributed by atoms with Gasteiger partial charge in [0.25, 0.3) is 0 Å². The molecular weight excluding hydrogens is 250 g/mol. The van der Waals surface area contributed by atoms with Gasteiger partial charge in [0.2, 0.25) is 0 Å². The van der Waals surface area contributed by atoms with E-state index in [0.29, 0.717) is 5.92 Å². The molecule has 0 aliphatic heterocycles. The molecule has 0 aromatic heterocycles. The molecule has 3 unspecified atom stereocenters. The lowest BCUT2D eigenvalue weighted by atomic mass is 9.69. The largest absolute Gasteiger partial charge is 0.446 e. The minimum atomic E-state index is -0.299. The number of fused-ring (bicyclic) bond motifs is 1. The molecule has 20 heavy (non-hydrogen) atoms. The van der Waals surface area contributed by atoms with Crippen molar-refractivity contribution in [2.75, 3.05) is 5.32 Å². The fraction of sp³-hybridized carbons (Fsp3) is 0.588. The SMILES string of the molecule is O=C(Nc1ccccc1)OC1CCCC2CCCCC21. The van der Waals surface area contributed by atoms with Crippen molar-refractivity contribution in [2.45, 2.75) is 51.0 Å². The van der Waals surface area contributed by atoms with E-state index >= 15 is 0 Å². The molecule has 0 saturated heterocycles. The van der Waals surface area contributed by atoms with Crippen LogP contribution in [0.3, 0.4) is 0 Å². The first-order chi connectivity index (χ1) is 9.83. The Morgan fingerprint density at radius 3 is 2.60 bits per heavy atom. The van der Waals surface area contributed by atoms with Gasteiger partial charge < -0.3 is 4.74 Å². The van der Waals surface area contributed by atoms with Crippen LogP contribution in [0.25, 0.3) is 0 Å². The number of anilines is 1. The second kappa shape index (κ2) is 6.29. The number of nitrogens with one attached hydrogen (secondary N) is 1. The van der Waals surface area contributed by atoms with Crippen molar-refractivity contribution >= 4 is 11.8 Å². The Bertz CT molecular complexity index is 444. The summed E-state index contributed by atoms with van der Waals surface area (Å²) in [5, 5.41) is 2.82. The molecule has 1 aromatic rings. The summed E-state index contributed by atoms with van der Waals surface area (Å²) in [5.74, 6) is 1.38. The second-order valence-corrected chi connectivity index (χ2v) is 6.07. The molecule has 0 spiro atoms. The minimum absolute atomic E-state index is 0.123. The van der Waals surface area contributed by atoms with E-state index in [1.54, 1.807) is 0 Å². The Labute approximate surface area is 120 Å². The highest BCUT2D eigenvalue weighted by molar-refractivity contribution is 5.84. The highest BCUT2D eigenvalue weighted by Gasteiger charge is 2.36. The summed E-state index contributed by atoms with van der Waals surface area (Å²) in [7, 11) is 0. The topological polar surface area (TPSA) is 38.3 Å². The van der Waals surface area contributed by atoms with Crippen molar-refractivity contribution in [1.82, 2.24) is 0 Å². The molecule has 108 valence electrons. The van der Waals surface area contributed by atoms with Crippen LogP contribution in [0.1, 0.15) is 44.9 Å². The van der Waals surface area contributed by atoms with E-state index in [-0.39, 0.29) is 12.2 Å². The molecule has 0 bridgehead atoms. The highest BCUT2D eigenvalue weighted by Crippen LogP contribution is 2.41. The minimum Gasteiger partial charge on any atom is -0.446 e. The smallest absolute Gasteiger partial charge is 0.411 e. The normalized spacial score (nSPS) is 29.3. The average molecular weight is 273 g/mol. The van der Waals surface area contributed by atoms with Crippen molar-refractivity contribution in [3.63, 3.8) is 0 Å². The van der Waals surface area contributed by atoms with Gasteiger partial charge >= 0.3 is 6.09 Å². The molecular formula is C17H23NO2. The van der Waals surface area contributed by atoms with Crippen molar-refractivity contribution in [2.24, 2.45) is 11.8 Å². The molecule has 2 saturated carbocycles. The zero-order chi connectivity index (χ0) is 13.8. The first-order valence-corrected chi connectivity index (χ1v) is 7.85. The van der Waals surface area contributed by atoms with Crippen LogP contribution < -0.4 is 5.32 Å². The molecule has 3 atom stereocenters. The Morgan fingerprint density at radius 2 is 1.75 bits per heavy atom. The maximum atomic E-state index is 12.0. The van der Waals surface area contributed by atoms with E-state index in [4.69, 9.17) is 4.74 Å². The van der Waals surface area contributed by atoms with Crippen LogP contribution in [0.5, 0.6) is 0 Å². The summed E-state index contributed by atoms with van der Waals surface area (Å²) in [6.07, 6.45) is 8.58. The van der Waals surface area contributed by atoms with Gasteiger partial charge in [0.1, 0.15) is 6.10 Å². The Morgan fingerprint density at radius 1 is 1.00 bits per heavy atom. The maximum absolute atomic E-state index is 12.0. The molecule has 1 N–H and O–H groups in total. The lowest BCUT2D eigenvalue weighted by Gasteiger charge is -2.40. The van der Waals surface area contributed by atoms with Gasteiger partial charge in [-0.05, 0) is 49.7 Å². The van der Waals surface area contributed by atoms with Gasteiger partial charge in [0, 0.05) is 5.69 Å². The Balaban J connectivity index is 1.57. The molecule has 3 rings (SSSR count). The fourth-order valence-electron chi connectivity index (χ4n) is 3.83. The van der Waals surface area contributed by atoms with Gasteiger partial charge in [-0.3, -0.25) is 5.32 Å². The number of amides is 1. The molecule has 2 aliphatic rings. The second-order valence-electron chi connectivity index (χ2n) is 6.07. The number of para-hydroxylation sites is 1. The molecule has 0 radical (unpaired) electrons. The average Bonchev–Trinajstić information content (AvgIpc) is 2.48. The van der Waals surface area contributed by atoms with Gasteiger partial charge in [-0.1, -0.05) is 37.5 Å². The molecule has 2 aliphatic carbocycles.